The van der Waals surface area contributed by atoms with E-state index in [0.717, 1.165) is 88.3 Å². The van der Waals surface area contributed by atoms with Crippen molar-refractivity contribution in [2.45, 2.75) is 57.3 Å². The Morgan fingerprint density at radius 1 is 0.754 bits per heavy atom. The van der Waals surface area contributed by atoms with E-state index in [0.29, 0.717) is 5.71 Å². The predicted molar refractivity (Wildman–Crippen MR) is 232 cm³/mol. The molecule has 0 aliphatic carbocycles. The first-order chi connectivity index (χ1) is 27.8. The first-order valence-corrected chi connectivity index (χ1v) is 26.3. The van der Waals surface area contributed by atoms with E-state index < -0.39 is 19.6 Å². The molecule has 6 nitrogen and oxygen atoms in total. The molecule has 0 aliphatic heterocycles. The summed E-state index contributed by atoms with van der Waals surface area (Å²) in [5.41, 5.74) is 11.5. The number of nitrogens with zero attached hydrogens (tertiary/aromatic N) is 5. The Kier molecular flexibility index (Phi) is 11.0. The van der Waals surface area contributed by atoms with Crippen LogP contribution in [0.4, 0.5) is 0 Å². The molecular weight excluding hydrogens is 939 g/mol. The summed E-state index contributed by atoms with van der Waals surface area (Å²) >= 11 is -2.32. The van der Waals surface area contributed by atoms with Gasteiger partial charge in [0, 0.05) is 48.3 Å². The number of pyridine rings is 3. The Hall–Kier alpha value is -5.21. The molecule has 1 unspecified atom stereocenters. The minimum Gasteiger partial charge on any atom is 0 e. The molecule has 1 radical (unpaired) electrons. The summed E-state index contributed by atoms with van der Waals surface area (Å²) in [6.07, 6.45) is 0.433. The van der Waals surface area contributed by atoms with Gasteiger partial charge >= 0.3 is 157 Å². The molecule has 57 heavy (non-hydrogen) atoms. The minimum absolute atomic E-state index is 0. The largest absolute Gasteiger partial charge is 0 e. The van der Waals surface area contributed by atoms with E-state index >= 15 is 0 Å². The standard InChI is InChI=1S/C26H19N4O.C23H26GeN.Ir/c1-15-11-12-20-19-7-6-8-21(24(19)31-26(20)28-15)25-29-22-9-4-5-10-23(22)30(25)18-13-16(2)27-17(3)14-18;1-18(19-11-7-5-8-12-19)15-21-16-23(20-13-9-6-10-14-20)25-17-22(21)24(2,3)4;/h4-7,9-14H,1-3H3;5-13,16-18H,15H2,1-4H3;/q2*-1;/i;15D2;. The second-order valence-electron chi connectivity index (χ2n) is 15.3. The number of rotatable bonds is 7. The summed E-state index contributed by atoms with van der Waals surface area (Å²) < 4.78 is 27.6. The van der Waals surface area contributed by atoms with Crippen LogP contribution in [0.5, 0.6) is 0 Å². The summed E-state index contributed by atoms with van der Waals surface area (Å²) in [6.45, 7) is 7.96. The normalized spacial score (nSPS) is 12.8. The van der Waals surface area contributed by atoms with Crippen LogP contribution >= 0.6 is 0 Å². The topological polar surface area (TPSA) is 69.6 Å². The maximum atomic E-state index is 9.05. The van der Waals surface area contributed by atoms with Crippen molar-refractivity contribution in [1.29, 1.82) is 0 Å². The van der Waals surface area contributed by atoms with Gasteiger partial charge in [0.2, 0.25) is 5.71 Å². The van der Waals surface area contributed by atoms with Crippen LogP contribution in [0.2, 0.25) is 17.3 Å². The molecular formula is C49H45GeIrN5O-2. The number of para-hydroxylation sites is 2. The average molecular weight is 987 g/mol. The fraction of sp³-hybridized carbons (Fsp3) is 0.184. The van der Waals surface area contributed by atoms with Crippen molar-refractivity contribution in [3.05, 3.63) is 168 Å². The van der Waals surface area contributed by atoms with E-state index in [1.165, 1.54) is 0 Å². The Bertz CT molecular complexity index is 2900. The zero-order chi connectivity index (χ0) is 40.8. The maximum absolute atomic E-state index is 9.05. The van der Waals surface area contributed by atoms with E-state index in [9.17, 15) is 0 Å². The zero-order valence-corrected chi connectivity index (χ0v) is 37.7. The zero-order valence-electron chi connectivity index (χ0n) is 35.2. The summed E-state index contributed by atoms with van der Waals surface area (Å²) in [4.78, 5) is 18.8. The molecule has 5 heterocycles. The third-order valence-corrected chi connectivity index (χ3v) is 14.1. The van der Waals surface area contributed by atoms with Gasteiger partial charge in [-0.25, -0.2) is 4.98 Å². The van der Waals surface area contributed by atoms with Crippen molar-refractivity contribution >= 4 is 50.8 Å². The average Bonchev–Trinajstić information content (AvgIpc) is 3.79. The molecule has 4 aromatic carbocycles. The van der Waals surface area contributed by atoms with Crippen LogP contribution in [0.15, 0.2) is 132 Å². The molecule has 0 saturated heterocycles. The monoisotopic (exact) mass is 988 g/mol. The molecule has 0 saturated carbocycles. The Morgan fingerprint density at radius 2 is 1.49 bits per heavy atom. The molecule has 0 bridgehead atoms. The van der Waals surface area contributed by atoms with Crippen LogP contribution in [-0.4, -0.2) is 37.8 Å². The number of aromatic nitrogens is 5. The third kappa shape index (κ3) is 8.43. The van der Waals surface area contributed by atoms with E-state index in [2.05, 4.69) is 73.2 Å². The van der Waals surface area contributed by atoms with E-state index in [4.69, 9.17) is 12.1 Å². The number of aryl methyl sites for hydroxylation is 3. The van der Waals surface area contributed by atoms with Crippen molar-refractivity contribution < 1.29 is 27.3 Å². The van der Waals surface area contributed by atoms with Crippen molar-refractivity contribution in [3.8, 4) is 28.3 Å². The summed E-state index contributed by atoms with van der Waals surface area (Å²) in [6, 6.07) is 46.5. The number of imidazole rings is 1. The summed E-state index contributed by atoms with van der Waals surface area (Å²) in [5.74, 6) is 7.40. The second kappa shape index (κ2) is 16.7. The van der Waals surface area contributed by atoms with Gasteiger partial charge in [-0.1, -0.05) is 23.1 Å². The third-order valence-electron chi connectivity index (χ3n) is 9.92. The Balaban J connectivity index is 0.000000178. The van der Waals surface area contributed by atoms with Gasteiger partial charge in [-0.3, -0.25) is 9.97 Å². The molecule has 9 aromatic rings. The van der Waals surface area contributed by atoms with Crippen LogP contribution in [0.3, 0.4) is 0 Å². The number of fused-ring (bicyclic) bond motifs is 4. The summed E-state index contributed by atoms with van der Waals surface area (Å²) in [5, 5.41) is 2.01. The van der Waals surface area contributed by atoms with Gasteiger partial charge in [0.25, 0.3) is 0 Å². The van der Waals surface area contributed by atoms with Crippen LogP contribution in [0.1, 0.15) is 43.8 Å². The number of benzene rings is 4. The van der Waals surface area contributed by atoms with E-state index in [-0.39, 0.29) is 26.0 Å². The molecule has 287 valence electrons. The van der Waals surface area contributed by atoms with Crippen LogP contribution in [-0.2, 0) is 26.5 Å². The fourth-order valence-electron chi connectivity index (χ4n) is 7.21. The van der Waals surface area contributed by atoms with Gasteiger partial charge in [0.1, 0.15) is 0 Å². The Labute approximate surface area is 354 Å². The Morgan fingerprint density at radius 3 is 2.23 bits per heavy atom. The smallest absolute Gasteiger partial charge is 0 e. The molecule has 1 atom stereocenters. The molecule has 0 aliphatic rings. The first-order valence-electron chi connectivity index (χ1n) is 20.0. The van der Waals surface area contributed by atoms with Gasteiger partial charge in [0.15, 0.2) is 0 Å². The second-order valence-corrected chi connectivity index (χ2v) is 25.9. The maximum Gasteiger partial charge on any atom is 0 e. The molecule has 9 rings (SSSR count). The number of furan rings is 1. The van der Waals surface area contributed by atoms with Crippen molar-refractivity contribution in [2.75, 3.05) is 0 Å². The first kappa shape index (κ1) is 37.4. The molecule has 0 spiro atoms. The van der Waals surface area contributed by atoms with Gasteiger partial charge in [-0.2, -0.15) is 0 Å². The van der Waals surface area contributed by atoms with Crippen molar-refractivity contribution in [3.63, 3.8) is 0 Å². The van der Waals surface area contributed by atoms with Gasteiger partial charge < -0.3 is 8.98 Å². The molecule has 0 amide bonds. The molecule has 0 N–H and O–H groups in total. The van der Waals surface area contributed by atoms with Crippen LogP contribution in [0.25, 0.3) is 61.4 Å². The van der Waals surface area contributed by atoms with Gasteiger partial charge in [0.05, 0.1) is 22.4 Å². The number of hydrogen-bond donors (Lipinski definition) is 0. The van der Waals surface area contributed by atoms with Crippen LogP contribution in [0, 0.1) is 32.9 Å². The van der Waals surface area contributed by atoms with E-state index in [1.807, 2.05) is 131 Å². The van der Waals surface area contributed by atoms with Crippen LogP contribution < -0.4 is 4.40 Å². The van der Waals surface area contributed by atoms with E-state index in [1.54, 1.807) is 0 Å². The fourth-order valence-corrected chi connectivity index (χ4v) is 10.2. The van der Waals surface area contributed by atoms with Gasteiger partial charge in [-0.15, -0.1) is 18.2 Å². The molecule has 5 aromatic heterocycles. The summed E-state index contributed by atoms with van der Waals surface area (Å²) in [7, 11) is 0. The predicted octanol–water partition coefficient (Wildman–Crippen LogP) is 11.5. The quantitative estimate of drug-likeness (QED) is 0.118. The minimum atomic E-state index is -2.32. The SMILES string of the molecule is Cc1cc(-n2c(-c3[c-]ccc4c3oc3nc(C)ccc34)nc3ccccc32)cc(C)n1.[2H]C([2H])(c1cc(-c2[c-]cccc2)nc[c]1[Ge]([CH3])([CH3])[CH3])C(C)c1ccccc1.[Ir]. The molecule has 0 fully saturated rings. The van der Waals surface area contributed by atoms with Crippen molar-refractivity contribution in [2.24, 2.45) is 0 Å². The van der Waals surface area contributed by atoms with Gasteiger partial charge in [-0.05, 0) is 57.2 Å². The molecule has 8 heteroatoms. The number of hydrogen-bond acceptors (Lipinski definition) is 5. The van der Waals surface area contributed by atoms with Crippen molar-refractivity contribution in [1.82, 2.24) is 24.5 Å².